The van der Waals surface area contributed by atoms with Crippen LogP contribution in [0.1, 0.15) is 43.5 Å². The van der Waals surface area contributed by atoms with Crippen LogP contribution in [-0.4, -0.2) is 34.7 Å². The van der Waals surface area contributed by atoms with Crippen LogP contribution in [-0.2, 0) is 0 Å². The van der Waals surface area contributed by atoms with E-state index in [0.29, 0.717) is 12.0 Å². The van der Waals surface area contributed by atoms with Crippen molar-refractivity contribution < 1.29 is 15.0 Å². The number of aromatic hydroxyl groups is 1. The lowest BCUT2D eigenvalue weighted by Gasteiger charge is -2.24. The Morgan fingerprint density at radius 3 is 2.68 bits per heavy atom. The second-order valence-electron chi connectivity index (χ2n) is 5.60. The summed E-state index contributed by atoms with van der Waals surface area (Å²) in [5.41, 5.74) is 0.654. The molecule has 0 aromatic heterocycles. The number of ketones is 1. The fourth-order valence-electron chi connectivity index (χ4n) is 2.54. The van der Waals surface area contributed by atoms with Crippen LogP contribution in [0.2, 0.25) is 0 Å². The van der Waals surface area contributed by atoms with Gasteiger partial charge in [0.05, 0.1) is 11.2 Å². The number of carbonyl (C=O) groups is 1. The number of nitrogens with zero attached hydrogens (tertiary/aromatic N) is 1. The molecule has 0 amide bonds. The van der Waals surface area contributed by atoms with Gasteiger partial charge in [-0.3, -0.25) is 4.79 Å². The van der Waals surface area contributed by atoms with Crippen LogP contribution in [0.4, 0.5) is 5.69 Å². The Bertz CT molecular complexity index is 482. The molecule has 0 saturated carbocycles. The molecule has 0 bridgehead atoms. The maximum absolute atomic E-state index is 11.3. The number of rotatable bonds is 2. The minimum atomic E-state index is -0.601. The minimum Gasteiger partial charge on any atom is -0.507 e. The number of carbonyl (C=O) groups excluding carboxylic acids is 1. The maximum Gasteiger partial charge on any atom is 0.163 e. The van der Waals surface area contributed by atoms with Crippen molar-refractivity contribution in [3.63, 3.8) is 0 Å². The third-order valence-electron chi connectivity index (χ3n) is 3.79. The van der Waals surface area contributed by atoms with Gasteiger partial charge in [0.25, 0.3) is 0 Å². The summed E-state index contributed by atoms with van der Waals surface area (Å²) in [6, 6.07) is 5.16. The van der Waals surface area contributed by atoms with Crippen molar-refractivity contribution in [2.75, 3.05) is 18.0 Å². The van der Waals surface area contributed by atoms with Gasteiger partial charge in [-0.05, 0) is 45.2 Å². The lowest BCUT2D eigenvalue weighted by molar-refractivity contribution is 0.0481. The van der Waals surface area contributed by atoms with Gasteiger partial charge in [0.1, 0.15) is 5.75 Å². The molecule has 4 nitrogen and oxygen atoms in total. The molecule has 1 aliphatic rings. The molecular weight excluding hydrogens is 242 g/mol. The van der Waals surface area contributed by atoms with E-state index in [1.54, 1.807) is 12.1 Å². The average molecular weight is 263 g/mol. The fourth-order valence-corrected chi connectivity index (χ4v) is 2.54. The predicted molar refractivity (Wildman–Crippen MR) is 74.8 cm³/mol. The third-order valence-corrected chi connectivity index (χ3v) is 3.79. The van der Waals surface area contributed by atoms with Crippen LogP contribution in [0.5, 0.6) is 5.75 Å². The summed E-state index contributed by atoms with van der Waals surface area (Å²) < 4.78 is 0. The van der Waals surface area contributed by atoms with E-state index in [1.807, 2.05) is 13.0 Å². The van der Waals surface area contributed by atoms with Gasteiger partial charge < -0.3 is 15.1 Å². The second-order valence-corrected chi connectivity index (χ2v) is 5.60. The molecule has 1 fully saturated rings. The first-order chi connectivity index (χ1) is 8.89. The van der Waals surface area contributed by atoms with Gasteiger partial charge in [0.15, 0.2) is 5.78 Å². The molecule has 0 aliphatic carbocycles. The summed E-state index contributed by atoms with van der Waals surface area (Å²) in [5.74, 6) is -0.108. The van der Waals surface area contributed by atoms with Gasteiger partial charge in [0, 0.05) is 24.8 Å². The molecule has 1 aromatic rings. The molecule has 1 atom stereocenters. The number of phenols is 1. The van der Waals surface area contributed by atoms with E-state index in [-0.39, 0.29) is 11.5 Å². The van der Waals surface area contributed by atoms with E-state index in [1.165, 1.54) is 6.92 Å². The van der Waals surface area contributed by atoms with Crippen LogP contribution in [0.25, 0.3) is 0 Å². The number of hydrogen-bond acceptors (Lipinski definition) is 4. The maximum atomic E-state index is 11.3. The molecule has 1 aromatic carbocycles. The lowest BCUT2D eigenvalue weighted by Crippen LogP contribution is -2.28. The van der Waals surface area contributed by atoms with E-state index in [0.717, 1.165) is 31.6 Å². The van der Waals surface area contributed by atoms with Crippen molar-refractivity contribution in [3.8, 4) is 5.75 Å². The highest BCUT2D eigenvalue weighted by atomic mass is 16.3. The zero-order valence-corrected chi connectivity index (χ0v) is 11.5. The number of Topliss-reactive ketones (excluding diaryl/α,β-unsaturated/α-hetero) is 1. The van der Waals surface area contributed by atoms with E-state index in [4.69, 9.17) is 0 Å². The molecule has 1 heterocycles. The molecule has 19 heavy (non-hydrogen) atoms. The number of benzene rings is 1. The lowest BCUT2D eigenvalue weighted by atomic mass is 9.98. The van der Waals surface area contributed by atoms with E-state index in [2.05, 4.69) is 4.90 Å². The van der Waals surface area contributed by atoms with Crippen molar-refractivity contribution in [2.45, 2.75) is 38.7 Å². The summed E-state index contributed by atoms with van der Waals surface area (Å²) in [6.45, 7) is 4.92. The molecule has 1 saturated heterocycles. The fraction of sp³-hybridized carbons (Fsp3) is 0.533. The Balaban J connectivity index is 2.18. The van der Waals surface area contributed by atoms with E-state index in [9.17, 15) is 15.0 Å². The van der Waals surface area contributed by atoms with Gasteiger partial charge in [-0.15, -0.1) is 0 Å². The normalized spacial score (nSPS) is 24.1. The number of hydrogen-bond donors (Lipinski definition) is 2. The monoisotopic (exact) mass is 263 g/mol. The molecular formula is C15H21NO3. The summed E-state index contributed by atoms with van der Waals surface area (Å²) in [5, 5.41) is 19.9. The van der Waals surface area contributed by atoms with Crippen molar-refractivity contribution >= 4 is 11.5 Å². The van der Waals surface area contributed by atoms with Crippen LogP contribution in [0, 0.1) is 0 Å². The Hall–Kier alpha value is -1.55. The van der Waals surface area contributed by atoms with Gasteiger partial charge in [-0.25, -0.2) is 0 Å². The van der Waals surface area contributed by atoms with E-state index < -0.39 is 5.60 Å². The molecule has 104 valence electrons. The highest BCUT2D eigenvalue weighted by Crippen LogP contribution is 2.29. The topological polar surface area (TPSA) is 60.8 Å². The second kappa shape index (κ2) is 5.21. The summed E-state index contributed by atoms with van der Waals surface area (Å²) in [4.78, 5) is 13.4. The van der Waals surface area contributed by atoms with Crippen LogP contribution < -0.4 is 4.90 Å². The summed E-state index contributed by atoms with van der Waals surface area (Å²) in [6.07, 6.45) is 2.42. The quantitative estimate of drug-likeness (QED) is 0.804. The molecule has 2 N–H and O–H groups in total. The van der Waals surface area contributed by atoms with E-state index >= 15 is 0 Å². The van der Waals surface area contributed by atoms with Crippen LogP contribution >= 0.6 is 0 Å². The molecule has 0 spiro atoms. The Morgan fingerprint density at radius 1 is 1.32 bits per heavy atom. The van der Waals surface area contributed by atoms with Crippen LogP contribution in [0.15, 0.2) is 18.2 Å². The zero-order valence-electron chi connectivity index (χ0n) is 11.5. The molecule has 1 aliphatic heterocycles. The SMILES string of the molecule is CC(=O)c1ccc(N2CCCC(C)(O)CC2)cc1O. The zero-order chi connectivity index (χ0) is 14.0. The molecule has 1 unspecified atom stereocenters. The van der Waals surface area contributed by atoms with Gasteiger partial charge in [-0.2, -0.15) is 0 Å². The first-order valence-electron chi connectivity index (χ1n) is 6.70. The Morgan fingerprint density at radius 2 is 2.05 bits per heavy atom. The first-order valence-corrected chi connectivity index (χ1v) is 6.70. The van der Waals surface area contributed by atoms with Gasteiger partial charge in [0.2, 0.25) is 0 Å². The summed E-state index contributed by atoms with van der Waals surface area (Å²) >= 11 is 0. The third kappa shape index (κ3) is 3.26. The highest BCUT2D eigenvalue weighted by molar-refractivity contribution is 5.97. The average Bonchev–Trinajstić information content (AvgIpc) is 2.49. The molecule has 2 rings (SSSR count). The molecule has 0 radical (unpaired) electrons. The first kappa shape index (κ1) is 13.9. The largest absolute Gasteiger partial charge is 0.507 e. The van der Waals surface area contributed by atoms with Crippen molar-refractivity contribution in [3.05, 3.63) is 23.8 Å². The standard InChI is InChI=1S/C15H21NO3/c1-11(17)13-5-4-12(10-14(13)18)16-8-3-6-15(2,19)7-9-16/h4-5,10,18-19H,3,6-9H2,1-2H3. The highest BCUT2D eigenvalue weighted by Gasteiger charge is 2.25. The van der Waals surface area contributed by atoms with Crippen molar-refractivity contribution in [1.29, 1.82) is 0 Å². The molecule has 4 heteroatoms. The Kier molecular flexibility index (Phi) is 3.80. The van der Waals surface area contributed by atoms with Crippen molar-refractivity contribution in [1.82, 2.24) is 0 Å². The predicted octanol–water partition coefficient (Wildman–Crippen LogP) is 2.34. The van der Waals surface area contributed by atoms with Crippen molar-refractivity contribution in [2.24, 2.45) is 0 Å². The van der Waals surface area contributed by atoms with Gasteiger partial charge >= 0.3 is 0 Å². The minimum absolute atomic E-state index is 0.0287. The van der Waals surface area contributed by atoms with Crippen LogP contribution in [0.3, 0.4) is 0 Å². The summed E-state index contributed by atoms with van der Waals surface area (Å²) in [7, 11) is 0. The number of anilines is 1. The number of aliphatic hydroxyl groups is 1. The Labute approximate surface area is 113 Å². The number of phenolic OH excluding ortho intramolecular Hbond substituents is 1. The smallest absolute Gasteiger partial charge is 0.163 e. The van der Waals surface area contributed by atoms with Gasteiger partial charge in [-0.1, -0.05) is 0 Å².